The molecule has 1 aliphatic carbocycles. The van der Waals surface area contributed by atoms with Gasteiger partial charge >= 0.3 is 0 Å². The average Bonchev–Trinajstić information content (AvgIpc) is 3.23. The highest BCUT2D eigenvalue weighted by molar-refractivity contribution is 7.17. The molecule has 0 amide bonds. The van der Waals surface area contributed by atoms with Crippen LogP contribution in [0.15, 0.2) is 42.0 Å². The second-order valence-electron chi connectivity index (χ2n) is 5.24. The summed E-state index contributed by atoms with van der Waals surface area (Å²) in [5, 5.41) is 6.84. The zero-order chi connectivity index (χ0) is 13.4. The van der Waals surface area contributed by atoms with E-state index in [1.54, 1.807) is 17.7 Å². The summed E-state index contributed by atoms with van der Waals surface area (Å²) >= 11 is 1.68. The highest BCUT2D eigenvalue weighted by Crippen LogP contribution is 2.37. The zero-order valence-corrected chi connectivity index (χ0v) is 11.9. The summed E-state index contributed by atoms with van der Waals surface area (Å²) in [6.45, 7) is 1.02. The first-order valence-electron chi connectivity index (χ1n) is 6.93. The summed E-state index contributed by atoms with van der Waals surface area (Å²) in [5.41, 5.74) is 2.45. The second kappa shape index (κ2) is 4.87. The number of hydrogen-bond donors (Lipinski definition) is 1. The van der Waals surface area contributed by atoms with Crippen LogP contribution in [0.4, 0.5) is 5.82 Å². The van der Waals surface area contributed by atoms with Crippen LogP contribution in [0.1, 0.15) is 12.8 Å². The lowest BCUT2D eigenvalue weighted by Crippen LogP contribution is -2.05. The van der Waals surface area contributed by atoms with E-state index in [0.717, 1.165) is 28.5 Å². The molecule has 0 bridgehead atoms. The molecule has 0 aliphatic heterocycles. The first kappa shape index (κ1) is 11.9. The van der Waals surface area contributed by atoms with Gasteiger partial charge in [0, 0.05) is 17.5 Å². The lowest BCUT2D eigenvalue weighted by molar-refractivity contribution is 0.884. The van der Waals surface area contributed by atoms with Crippen molar-refractivity contribution in [3.63, 3.8) is 0 Å². The number of anilines is 1. The summed E-state index contributed by atoms with van der Waals surface area (Å²) in [7, 11) is 0. The molecule has 1 aromatic carbocycles. The van der Waals surface area contributed by atoms with Crippen LogP contribution in [0.3, 0.4) is 0 Å². The van der Waals surface area contributed by atoms with Crippen LogP contribution in [0, 0.1) is 5.92 Å². The maximum atomic E-state index is 4.45. The van der Waals surface area contributed by atoms with E-state index < -0.39 is 0 Å². The van der Waals surface area contributed by atoms with Crippen LogP contribution in [0.5, 0.6) is 0 Å². The Hall–Kier alpha value is -1.94. The van der Waals surface area contributed by atoms with Gasteiger partial charge in [-0.3, -0.25) is 0 Å². The van der Waals surface area contributed by atoms with Gasteiger partial charge in [-0.25, -0.2) is 9.97 Å². The minimum atomic E-state index is 0.832. The third kappa shape index (κ3) is 2.16. The largest absolute Gasteiger partial charge is 0.369 e. The van der Waals surface area contributed by atoms with E-state index in [0.29, 0.717) is 0 Å². The number of thiophene rings is 1. The molecule has 0 spiro atoms. The molecule has 100 valence electrons. The molecule has 1 saturated carbocycles. The van der Waals surface area contributed by atoms with Gasteiger partial charge in [-0.05, 0) is 24.3 Å². The number of hydrogen-bond acceptors (Lipinski definition) is 4. The SMILES string of the molecule is c1ccc(-c2csc3ncnc(NCC4CC4)c23)cc1. The van der Waals surface area contributed by atoms with Gasteiger partial charge in [0.15, 0.2) is 0 Å². The molecule has 2 heterocycles. The molecule has 1 N–H and O–H groups in total. The van der Waals surface area contributed by atoms with Crippen LogP contribution in [0.2, 0.25) is 0 Å². The summed E-state index contributed by atoms with van der Waals surface area (Å²) in [6.07, 6.45) is 4.34. The lowest BCUT2D eigenvalue weighted by atomic mass is 10.1. The molecule has 0 saturated heterocycles. The van der Waals surface area contributed by atoms with E-state index in [-0.39, 0.29) is 0 Å². The summed E-state index contributed by atoms with van der Waals surface area (Å²) in [5.74, 6) is 1.81. The Morgan fingerprint density at radius 1 is 1.15 bits per heavy atom. The van der Waals surface area contributed by atoms with Gasteiger partial charge in [0.1, 0.15) is 17.0 Å². The quantitative estimate of drug-likeness (QED) is 0.779. The Morgan fingerprint density at radius 3 is 2.80 bits per heavy atom. The predicted molar refractivity (Wildman–Crippen MR) is 84.1 cm³/mol. The summed E-state index contributed by atoms with van der Waals surface area (Å²) in [6, 6.07) is 10.5. The molecule has 20 heavy (non-hydrogen) atoms. The van der Waals surface area contributed by atoms with Crippen LogP contribution in [0.25, 0.3) is 21.3 Å². The molecule has 2 aromatic heterocycles. The molecule has 4 rings (SSSR count). The Labute approximate surface area is 121 Å². The Morgan fingerprint density at radius 2 is 2.00 bits per heavy atom. The maximum Gasteiger partial charge on any atom is 0.138 e. The van der Waals surface area contributed by atoms with E-state index in [2.05, 4.69) is 44.9 Å². The Bertz CT molecular complexity index is 732. The van der Waals surface area contributed by atoms with Crippen molar-refractivity contribution in [3.8, 4) is 11.1 Å². The van der Waals surface area contributed by atoms with Gasteiger partial charge in [0.2, 0.25) is 0 Å². The molecule has 1 aliphatic rings. The van der Waals surface area contributed by atoms with Gasteiger partial charge in [-0.15, -0.1) is 11.3 Å². The predicted octanol–water partition coefficient (Wildman–Crippen LogP) is 4.18. The van der Waals surface area contributed by atoms with Crippen molar-refractivity contribution in [2.75, 3.05) is 11.9 Å². The van der Waals surface area contributed by atoms with Crippen molar-refractivity contribution < 1.29 is 0 Å². The van der Waals surface area contributed by atoms with Crippen molar-refractivity contribution in [1.29, 1.82) is 0 Å². The topological polar surface area (TPSA) is 37.8 Å². The van der Waals surface area contributed by atoms with Crippen molar-refractivity contribution in [2.24, 2.45) is 5.92 Å². The number of benzene rings is 1. The standard InChI is InChI=1S/C16H15N3S/c1-2-4-12(5-3-1)13-9-20-16-14(13)15(18-10-19-16)17-8-11-6-7-11/h1-5,9-11H,6-8H2,(H,17,18,19). The summed E-state index contributed by atoms with van der Waals surface area (Å²) in [4.78, 5) is 9.90. The Balaban J connectivity index is 1.80. The number of aromatic nitrogens is 2. The van der Waals surface area contributed by atoms with Gasteiger partial charge in [0.05, 0.1) is 5.39 Å². The van der Waals surface area contributed by atoms with E-state index in [1.807, 2.05) is 6.07 Å². The van der Waals surface area contributed by atoms with Crippen molar-refractivity contribution in [1.82, 2.24) is 9.97 Å². The molecular formula is C16H15N3S. The van der Waals surface area contributed by atoms with E-state index in [4.69, 9.17) is 0 Å². The monoisotopic (exact) mass is 281 g/mol. The maximum absolute atomic E-state index is 4.45. The molecule has 1 fully saturated rings. The fourth-order valence-corrected chi connectivity index (χ4v) is 3.32. The van der Waals surface area contributed by atoms with Crippen molar-refractivity contribution >= 4 is 27.4 Å². The molecule has 4 heteroatoms. The number of fused-ring (bicyclic) bond motifs is 1. The van der Waals surface area contributed by atoms with Gasteiger partial charge in [-0.1, -0.05) is 30.3 Å². The van der Waals surface area contributed by atoms with Crippen molar-refractivity contribution in [3.05, 3.63) is 42.0 Å². The van der Waals surface area contributed by atoms with E-state index >= 15 is 0 Å². The second-order valence-corrected chi connectivity index (χ2v) is 6.10. The van der Waals surface area contributed by atoms with Gasteiger partial charge in [-0.2, -0.15) is 0 Å². The van der Waals surface area contributed by atoms with Gasteiger partial charge in [0.25, 0.3) is 0 Å². The van der Waals surface area contributed by atoms with Crippen LogP contribution < -0.4 is 5.32 Å². The fourth-order valence-electron chi connectivity index (χ4n) is 2.40. The molecule has 3 aromatic rings. The van der Waals surface area contributed by atoms with Crippen molar-refractivity contribution in [2.45, 2.75) is 12.8 Å². The first-order valence-corrected chi connectivity index (χ1v) is 7.81. The molecular weight excluding hydrogens is 266 g/mol. The van der Waals surface area contributed by atoms with E-state index in [9.17, 15) is 0 Å². The molecule has 0 atom stereocenters. The molecule has 0 radical (unpaired) electrons. The van der Waals surface area contributed by atoms with Crippen LogP contribution in [-0.4, -0.2) is 16.5 Å². The number of rotatable bonds is 4. The first-order chi connectivity index (χ1) is 9.92. The minimum absolute atomic E-state index is 0.832. The number of nitrogens with one attached hydrogen (secondary N) is 1. The smallest absolute Gasteiger partial charge is 0.138 e. The highest BCUT2D eigenvalue weighted by Gasteiger charge is 2.21. The fraction of sp³-hybridized carbons (Fsp3) is 0.250. The molecule has 3 nitrogen and oxygen atoms in total. The lowest BCUT2D eigenvalue weighted by Gasteiger charge is -2.07. The van der Waals surface area contributed by atoms with Gasteiger partial charge < -0.3 is 5.32 Å². The summed E-state index contributed by atoms with van der Waals surface area (Å²) < 4.78 is 0. The minimum Gasteiger partial charge on any atom is -0.369 e. The Kier molecular flexibility index (Phi) is 2.89. The zero-order valence-electron chi connectivity index (χ0n) is 11.0. The van der Waals surface area contributed by atoms with E-state index in [1.165, 1.54) is 24.0 Å². The normalized spacial score (nSPS) is 14.6. The third-order valence-electron chi connectivity index (χ3n) is 3.71. The molecule has 0 unspecified atom stereocenters. The number of nitrogens with zero attached hydrogens (tertiary/aromatic N) is 2. The average molecular weight is 281 g/mol. The van der Waals surface area contributed by atoms with Crippen LogP contribution in [-0.2, 0) is 0 Å². The third-order valence-corrected chi connectivity index (χ3v) is 4.60. The van der Waals surface area contributed by atoms with Crippen LogP contribution >= 0.6 is 11.3 Å². The highest BCUT2D eigenvalue weighted by atomic mass is 32.1.